The number of carbonyl (C=O) groups excluding carboxylic acids is 2. The third kappa shape index (κ3) is 4.88. The molecular weight excluding hydrogens is 458 g/mol. The number of hydrogen-bond acceptors (Lipinski definition) is 6. The highest BCUT2D eigenvalue weighted by atomic mass is 32.2. The van der Waals surface area contributed by atoms with Gasteiger partial charge in [-0.1, -0.05) is 67.2 Å². The first kappa shape index (κ1) is 23.0. The molecule has 2 aliphatic rings. The van der Waals surface area contributed by atoms with Gasteiger partial charge in [-0.2, -0.15) is 0 Å². The number of nitrogens with one attached hydrogen (secondary N) is 1. The zero-order chi connectivity index (χ0) is 24.2. The van der Waals surface area contributed by atoms with Crippen LogP contribution < -0.4 is 5.32 Å². The number of para-hydroxylation sites is 1. The second-order valence-electron chi connectivity index (χ2n) is 8.34. The van der Waals surface area contributed by atoms with E-state index in [-0.39, 0.29) is 11.8 Å². The van der Waals surface area contributed by atoms with Crippen LogP contribution in [0.1, 0.15) is 30.0 Å². The van der Waals surface area contributed by atoms with Crippen LogP contribution in [0.4, 0.5) is 5.69 Å². The topological polar surface area (TPSA) is 87.0 Å². The van der Waals surface area contributed by atoms with E-state index < -0.39 is 11.3 Å². The second-order valence-corrected chi connectivity index (χ2v) is 9.51. The standard InChI is InChI=1S/C27H25N5O2S/c1-2-23(25(33)29-17-19-11-8-14-28-16-19)35-27-31-21-13-7-6-12-20(21)24-30-22(26(34)32(24)27)15-18-9-4-3-5-10-18/h3-14,16,22-23H,2,15,17H2,1H3,(H,29,33)/t22-,23+/m1/s1. The van der Waals surface area contributed by atoms with Gasteiger partial charge in [0.15, 0.2) is 5.17 Å². The average molecular weight is 484 g/mol. The predicted molar refractivity (Wildman–Crippen MR) is 139 cm³/mol. The monoisotopic (exact) mass is 483 g/mol. The average Bonchev–Trinajstić information content (AvgIpc) is 3.23. The number of aliphatic imine (C=N–C) groups is 2. The van der Waals surface area contributed by atoms with E-state index in [1.54, 1.807) is 17.3 Å². The maximum absolute atomic E-state index is 13.5. The van der Waals surface area contributed by atoms with Crippen molar-refractivity contribution in [1.82, 2.24) is 15.2 Å². The number of aromatic nitrogens is 1. The summed E-state index contributed by atoms with van der Waals surface area (Å²) in [6.45, 7) is 2.35. The van der Waals surface area contributed by atoms with Gasteiger partial charge in [-0.25, -0.2) is 9.89 Å². The normalized spacial score (nSPS) is 17.2. The lowest BCUT2D eigenvalue weighted by Gasteiger charge is -2.27. The van der Waals surface area contributed by atoms with Gasteiger partial charge in [0.25, 0.3) is 5.91 Å². The van der Waals surface area contributed by atoms with Crippen molar-refractivity contribution in [2.75, 3.05) is 0 Å². The number of carbonyl (C=O) groups is 2. The Bertz CT molecular complexity index is 1290. The largest absolute Gasteiger partial charge is 0.351 e. The van der Waals surface area contributed by atoms with Crippen molar-refractivity contribution in [3.05, 3.63) is 95.8 Å². The van der Waals surface area contributed by atoms with Gasteiger partial charge < -0.3 is 5.32 Å². The molecule has 0 radical (unpaired) electrons. The number of hydrogen-bond donors (Lipinski definition) is 1. The van der Waals surface area contributed by atoms with Gasteiger partial charge in [-0.05, 0) is 35.7 Å². The number of rotatable bonds is 7. The van der Waals surface area contributed by atoms with Crippen molar-refractivity contribution in [3.8, 4) is 0 Å². The predicted octanol–water partition coefficient (Wildman–Crippen LogP) is 4.11. The van der Waals surface area contributed by atoms with Gasteiger partial charge in [0.2, 0.25) is 5.91 Å². The molecule has 0 saturated carbocycles. The minimum absolute atomic E-state index is 0.103. The number of amides is 2. The molecule has 2 amide bonds. The molecule has 8 heteroatoms. The first-order valence-corrected chi connectivity index (χ1v) is 12.5. The quantitative estimate of drug-likeness (QED) is 0.548. The first-order chi connectivity index (χ1) is 17.1. The molecule has 35 heavy (non-hydrogen) atoms. The summed E-state index contributed by atoms with van der Waals surface area (Å²) in [6, 6.07) is 20.8. The van der Waals surface area contributed by atoms with E-state index in [0.29, 0.717) is 30.4 Å². The summed E-state index contributed by atoms with van der Waals surface area (Å²) in [5, 5.41) is 3.07. The van der Waals surface area contributed by atoms with Crippen molar-refractivity contribution < 1.29 is 9.59 Å². The van der Waals surface area contributed by atoms with Crippen LogP contribution in [-0.2, 0) is 22.6 Å². The van der Waals surface area contributed by atoms with Gasteiger partial charge in [-0.3, -0.25) is 19.6 Å². The highest BCUT2D eigenvalue weighted by molar-refractivity contribution is 8.15. The molecule has 176 valence electrons. The molecule has 1 aromatic heterocycles. The molecule has 2 aromatic carbocycles. The third-order valence-electron chi connectivity index (χ3n) is 5.92. The SMILES string of the molecule is CC[C@H](SC1=Nc2ccccc2C2=N[C@H](Cc3ccccc3)C(=O)N12)C(=O)NCc1cccnc1. The molecule has 1 N–H and O–H groups in total. The minimum Gasteiger partial charge on any atom is -0.351 e. The third-order valence-corrected chi connectivity index (χ3v) is 7.24. The molecule has 0 bridgehead atoms. The molecule has 2 aliphatic heterocycles. The Morgan fingerprint density at radius 2 is 1.83 bits per heavy atom. The van der Waals surface area contributed by atoms with E-state index in [4.69, 9.17) is 9.98 Å². The van der Waals surface area contributed by atoms with Crippen LogP contribution >= 0.6 is 11.8 Å². The van der Waals surface area contributed by atoms with Crippen LogP contribution in [0.15, 0.2) is 89.1 Å². The Hall–Kier alpha value is -3.78. The van der Waals surface area contributed by atoms with Gasteiger partial charge in [0, 0.05) is 30.9 Å². The molecule has 7 nitrogen and oxygen atoms in total. The maximum atomic E-state index is 13.5. The minimum atomic E-state index is -0.524. The fraction of sp³-hybridized carbons (Fsp3) is 0.222. The van der Waals surface area contributed by atoms with Crippen molar-refractivity contribution >= 4 is 40.3 Å². The fourth-order valence-electron chi connectivity index (χ4n) is 4.11. The number of benzene rings is 2. The van der Waals surface area contributed by atoms with Crippen molar-refractivity contribution in [2.45, 2.75) is 37.6 Å². The lowest BCUT2D eigenvalue weighted by Crippen LogP contribution is -2.43. The Morgan fingerprint density at radius 1 is 1.06 bits per heavy atom. The molecule has 3 aromatic rings. The Kier molecular flexibility index (Phi) is 6.72. The van der Waals surface area contributed by atoms with Crippen LogP contribution in [0, 0.1) is 0 Å². The lowest BCUT2D eigenvalue weighted by molar-refractivity contribution is -0.124. The molecular formula is C27H25N5O2S. The Balaban J connectivity index is 1.38. The van der Waals surface area contributed by atoms with E-state index in [1.165, 1.54) is 11.8 Å². The van der Waals surface area contributed by atoms with E-state index in [0.717, 1.165) is 22.4 Å². The van der Waals surface area contributed by atoms with E-state index in [2.05, 4.69) is 10.3 Å². The molecule has 0 spiro atoms. The summed E-state index contributed by atoms with van der Waals surface area (Å²) in [7, 11) is 0. The maximum Gasteiger partial charge on any atom is 0.259 e. The molecule has 5 rings (SSSR count). The Labute approximate surface area is 208 Å². The molecule has 2 atom stereocenters. The number of pyridine rings is 1. The smallest absolute Gasteiger partial charge is 0.259 e. The highest BCUT2D eigenvalue weighted by Crippen LogP contribution is 2.35. The van der Waals surface area contributed by atoms with Gasteiger partial charge >= 0.3 is 0 Å². The van der Waals surface area contributed by atoms with Gasteiger partial charge in [0.1, 0.15) is 11.9 Å². The number of nitrogens with zero attached hydrogens (tertiary/aromatic N) is 4. The van der Waals surface area contributed by atoms with Crippen LogP contribution in [0.2, 0.25) is 0 Å². The molecule has 0 unspecified atom stereocenters. The lowest BCUT2D eigenvalue weighted by atomic mass is 10.1. The van der Waals surface area contributed by atoms with Crippen molar-refractivity contribution in [1.29, 1.82) is 0 Å². The van der Waals surface area contributed by atoms with Crippen LogP contribution in [0.5, 0.6) is 0 Å². The van der Waals surface area contributed by atoms with E-state index >= 15 is 0 Å². The summed E-state index contributed by atoms with van der Waals surface area (Å²) < 4.78 is 0. The van der Waals surface area contributed by atoms with E-state index in [9.17, 15) is 9.59 Å². The first-order valence-electron chi connectivity index (χ1n) is 11.6. The fourth-order valence-corrected chi connectivity index (χ4v) is 5.15. The summed E-state index contributed by atoms with van der Waals surface area (Å²) in [4.78, 5) is 41.8. The molecule has 0 aliphatic carbocycles. The number of amidine groups is 2. The summed E-state index contributed by atoms with van der Waals surface area (Å²) >= 11 is 1.31. The number of fused-ring (bicyclic) bond motifs is 3. The Morgan fingerprint density at radius 3 is 2.60 bits per heavy atom. The summed E-state index contributed by atoms with van der Waals surface area (Å²) in [6.07, 6.45) is 4.54. The van der Waals surface area contributed by atoms with Gasteiger partial charge in [0.05, 0.1) is 10.9 Å². The van der Waals surface area contributed by atoms with Crippen LogP contribution in [0.25, 0.3) is 0 Å². The van der Waals surface area contributed by atoms with Crippen LogP contribution in [0.3, 0.4) is 0 Å². The van der Waals surface area contributed by atoms with Crippen molar-refractivity contribution in [2.24, 2.45) is 9.98 Å². The highest BCUT2D eigenvalue weighted by Gasteiger charge is 2.42. The van der Waals surface area contributed by atoms with Crippen molar-refractivity contribution in [3.63, 3.8) is 0 Å². The molecule has 3 heterocycles. The van der Waals surface area contributed by atoms with Gasteiger partial charge in [-0.15, -0.1) is 0 Å². The zero-order valence-electron chi connectivity index (χ0n) is 19.3. The summed E-state index contributed by atoms with van der Waals surface area (Å²) in [5.74, 6) is 0.388. The summed E-state index contributed by atoms with van der Waals surface area (Å²) in [5.41, 5.74) is 3.56. The van der Waals surface area contributed by atoms with Crippen LogP contribution in [-0.4, -0.2) is 44.0 Å². The molecule has 0 fully saturated rings. The molecule has 0 saturated heterocycles. The zero-order valence-corrected chi connectivity index (χ0v) is 20.1. The number of thioether (sulfide) groups is 1. The second kappa shape index (κ2) is 10.2. The van der Waals surface area contributed by atoms with E-state index in [1.807, 2.05) is 73.7 Å².